The summed E-state index contributed by atoms with van der Waals surface area (Å²) in [5, 5.41) is 0. The van der Waals surface area contributed by atoms with Crippen molar-refractivity contribution in [3.05, 3.63) is 52.9 Å². The molecule has 1 heterocycles. The number of nitrogens with two attached hydrogens (primary N) is 1. The molecule has 0 bridgehead atoms. The van der Waals surface area contributed by atoms with E-state index in [-0.39, 0.29) is 10.4 Å². The SMILES string of the molecule is COc1ccc(S(=O)(=O)n2c(=O)[nH]c3cc(N)ccc32)cc1. The Balaban J connectivity index is 2.24. The third-order valence-electron chi connectivity index (χ3n) is 3.26. The summed E-state index contributed by atoms with van der Waals surface area (Å²) in [7, 11) is -2.53. The van der Waals surface area contributed by atoms with E-state index >= 15 is 0 Å². The molecular weight excluding hydrogens is 306 g/mol. The zero-order valence-corrected chi connectivity index (χ0v) is 12.4. The molecular formula is C14H13N3O4S. The highest BCUT2D eigenvalue weighted by Crippen LogP contribution is 2.21. The fraction of sp³-hybridized carbons (Fsp3) is 0.0714. The molecule has 3 aromatic rings. The number of aromatic amines is 1. The summed E-state index contributed by atoms with van der Waals surface area (Å²) in [6, 6.07) is 10.3. The van der Waals surface area contributed by atoms with Crippen molar-refractivity contribution in [2.45, 2.75) is 4.90 Å². The lowest BCUT2D eigenvalue weighted by Gasteiger charge is -2.07. The van der Waals surface area contributed by atoms with Gasteiger partial charge in [0.1, 0.15) is 5.75 Å². The van der Waals surface area contributed by atoms with Crippen molar-refractivity contribution in [3.63, 3.8) is 0 Å². The maximum atomic E-state index is 12.7. The number of nitrogens with one attached hydrogen (secondary N) is 1. The molecule has 7 nitrogen and oxygen atoms in total. The first kappa shape index (κ1) is 14.2. The highest BCUT2D eigenvalue weighted by Gasteiger charge is 2.22. The molecule has 0 saturated carbocycles. The summed E-state index contributed by atoms with van der Waals surface area (Å²) < 4.78 is 31.1. The van der Waals surface area contributed by atoms with Gasteiger partial charge in [0.15, 0.2) is 0 Å². The van der Waals surface area contributed by atoms with E-state index in [1.54, 1.807) is 0 Å². The summed E-state index contributed by atoms with van der Waals surface area (Å²) in [5.41, 5.74) is 5.94. The van der Waals surface area contributed by atoms with Gasteiger partial charge in [-0.15, -0.1) is 0 Å². The predicted molar refractivity (Wildman–Crippen MR) is 82.5 cm³/mol. The number of H-pyrrole nitrogens is 1. The predicted octanol–water partition coefficient (Wildman–Crippen LogP) is 1.16. The molecule has 0 saturated heterocycles. The van der Waals surface area contributed by atoms with E-state index in [4.69, 9.17) is 10.5 Å². The van der Waals surface area contributed by atoms with Crippen LogP contribution in [0.5, 0.6) is 5.75 Å². The first-order valence-corrected chi connectivity index (χ1v) is 7.77. The number of benzene rings is 2. The number of nitrogen functional groups attached to an aromatic ring is 1. The lowest BCUT2D eigenvalue weighted by Crippen LogP contribution is -2.25. The minimum atomic E-state index is -4.01. The lowest BCUT2D eigenvalue weighted by molar-refractivity contribution is 0.414. The smallest absolute Gasteiger partial charge is 0.340 e. The van der Waals surface area contributed by atoms with E-state index in [1.807, 2.05) is 0 Å². The summed E-state index contributed by atoms with van der Waals surface area (Å²) in [5.74, 6) is 0.526. The van der Waals surface area contributed by atoms with Gasteiger partial charge in [-0.1, -0.05) is 0 Å². The molecule has 114 valence electrons. The normalized spacial score (nSPS) is 11.7. The minimum absolute atomic E-state index is 0.00637. The highest BCUT2D eigenvalue weighted by molar-refractivity contribution is 7.90. The second kappa shape index (κ2) is 4.92. The maximum absolute atomic E-state index is 12.7. The van der Waals surface area contributed by atoms with Crippen LogP contribution in [0.4, 0.5) is 5.69 Å². The van der Waals surface area contributed by atoms with Crippen molar-refractivity contribution in [2.24, 2.45) is 0 Å². The van der Waals surface area contributed by atoms with Crippen LogP contribution in [0.2, 0.25) is 0 Å². The topological polar surface area (TPSA) is 107 Å². The number of hydrogen-bond donors (Lipinski definition) is 2. The van der Waals surface area contributed by atoms with Crippen LogP contribution in [0.3, 0.4) is 0 Å². The summed E-state index contributed by atoms with van der Waals surface area (Å²) >= 11 is 0. The van der Waals surface area contributed by atoms with Crippen LogP contribution in [-0.4, -0.2) is 24.5 Å². The zero-order valence-electron chi connectivity index (χ0n) is 11.6. The lowest BCUT2D eigenvalue weighted by atomic mass is 10.3. The van der Waals surface area contributed by atoms with Crippen molar-refractivity contribution >= 4 is 26.7 Å². The van der Waals surface area contributed by atoms with Gasteiger partial charge in [0.25, 0.3) is 10.0 Å². The number of imidazole rings is 1. The Morgan fingerprint density at radius 1 is 1.14 bits per heavy atom. The maximum Gasteiger partial charge on any atom is 0.340 e. The third kappa shape index (κ3) is 2.13. The third-order valence-corrected chi connectivity index (χ3v) is 4.97. The molecule has 0 amide bonds. The zero-order chi connectivity index (χ0) is 15.9. The highest BCUT2D eigenvalue weighted by atomic mass is 32.2. The van der Waals surface area contributed by atoms with Crippen LogP contribution in [0.1, 0.15) is 0 Å². The van der Waals surface area contributed by atoms with Gasteiger partial charge in [-0.3, -0.25) is 0 Å². The van der Waals surface area contributed by atoms with E-state index in [9.17, 15) is 13.2 Å². The summed E-state index contributed by atoms with van der Waals surface area (Å²) in [4.78, 5) is 14.5. The number of hydrogen-bond acceptors (Lipinski definition) is 5. The van der Waals surface area contributed by atoms with Gasteiger partial charge in [-0.05, 0) is 42.5 Å². The number of nitrogens with zero attached hydrogens (tertiary/aromatic N) is 1. The van der Waals surface area contributed by atoms with Gasteiger partial charge < -0.3 is 15.5 Å². The molecule has 22 heavy (non-hydrogen) atoms. The molecule has 0 spiro atoms. The molecule has 0 aliphatic carbocycles. The van der Waals surface area contributed by atoms with Gasteiger partial charge in [0, 0.05) is 5.69 Å². The molecule has 0 aliphatic rings. The molecule has 0 atom stereocenters. The number of rotatable bonds is 3. The molecule has 2 aromatic carbocycles. The number of fused-ring (bicyclic) bond motifs is 1. The van der Waals surface area contributed by atoms with Crippen LogP contribution in [0.25, 0.3) is 11.0 Å². The van der Waals surface area contributed by atoms with Gasteiger partial charge >= 0.3 is 5.69 Å². The van der Waals surface area contributed by atoms with Crippen molar-refractivity contribution in [2.75, 3.05) is 12.8 Å². The quantitative estimate of drug-likeness (QED) is 0.704. The van der Waals surface area contributed by atoms with Gasteiger partial charge in [-0.2, -0.15) is 3.97 Å². The number of aromatic nitrogens is 2. The van der Waals surface area contributed by atoms with Crippen molar-refractivity contribution in [1.29, 1.82) is 0 Å². The molecule has 8 heteroatoms. The number of anilines is 1. The molecule has 0 fully saturated rings. The van der Waals surface area contributed by atoms with Crippen LogP contribution in [0.15, 0.2) is 52.2 Å². The molecule has 1 aromatic heterocycles. The first-order chi connectivity index (χ1) is 10.4. The largest absolute Gasteiger partial charge is 0.497 e. The minimum Gasteiger partial charge on any atom is -0.497 e. The molecule has 0 unspecified atom stereocenters. The van der Waals surface area contributed by atoms with E-state index in [1.165, 1.54) is 49.6 Å². The average Bonchev–Trinajstić information content (AvgIpc) is 2.82. The van der Waals surface area contributed by atoms with Crippen molar-refractivity contribution < 1.29 is 13.2 Å². The average molecular weight is 319 g/mol. The number of ether oxygens (including phenoxy) is 1. The Labute approximate surface area is 126 Å². The van der Waals surface area contributed by atoms with E-state index < -0.39 is 15.7 Å². The molecule has 0 aliphatic heterocycles. The van der Waals surface area contributed by atoms with Gasteiger partial charge in [0.2, 0.25) is 0 Å². The molecule has 3 N–H and O–H groups in total. The van der Waals surface area contributed by atoms with Crippen LogP contribution in [-0.2, 0) is 10.0 Å². The van der Waals surface area contributed by atoms with E-state index in [0.29, 0.717) is 17.0 Å². The van der Waals surface area contributed by atoms with Gasteiger partial charge in [0.05, 0.1) is 23.0 Å². The summed E-state index contributed by atoms with van der Waals surface area (Å²) in [6.07, 6.45) is 0. The molecule has 0 radical (unpaired) electrons. The standard InChI is InChI=1S/C14H13N3O4S/c1-21-10-3-5-11(6-4-10)22(19,20)17-13-7-2-9(15)8-12(13)16-14(17)18/h2-8H,15H2,1H3,(H,16,18). The van der Waals surface area contributed by atoms with Crippen LogP contribution in [0, 0.1) is 0 Å². The summed E-state index contributed by atoms with van der Waals surface area (Å²) in [6.45, 7) is 0. The van der Waals surface area contributed by atoms with Gasteiger partial charge in [-0.25, -0.2) is 13.2 Å². The second-order valence-electron chi connectivity index (χ2n) is 4.65. The van der Waals surface area contributed by atoms with Crippen LogP contribution >= 0.6 is 0 Å². The Morgan fingerprint density at radius 2 is 1.82 bits per heavy atom. The van der Waals surface area contributed by atoms with Crippen LogP contribution < -0.4 is 16.2 Å². The Morgan fingerprint density at radius 3 is 2.45 bits per heavy atom. The molecule has 3 rings (SSSR count). The van der Waals surface area contributed by atoms with Crippen molar-refractivity contribution in [1.82, 2.24) is 8.96 Å². The van der Waals surface area contributed by atoms with E-state index in [0.717, 1.165) is 3.97 Å². The Hall–Kier alpha value is -2.74. The van der Waals surface area contributed by atoms with E-state index in [2.05, 4.69) is 4.98 Å². The monoisotopic (exact) mass is 319 g/mol. The fourth-order valence-electron chi connectivity index (χ4n) is 2.20. The number of methoxy groups -OCH3 is 1. The fourth-order valence-corrected chi connectivity index (χ4v) is 3.57. The van der Waals surface area contributed by atoms with Crippen molar-refractivity contribution in [3.8, 4) is 5.75 Å². The Bertz CT molecular complexity index is 1000. The second-order valence-corrected chi connectivity index (χ2v) is 6.44. The Kier molecular flexibility index (Phi) is 3.18. The first-order valence-electron chi connectivity index (χ1n) is 6.33.